The zero-order chi connectivity index (χ0) is 15.0. The molecule has 0 aromatic heterocycles. The van der Waals surface area contributed by atoms with Gasteiger partial charge in [0.2, 0.25) is 10.0 Å². The van der Waals surface area contributed by atoms with Crippen LogP contribution in [-0.2, 0) is 14.8 Å². The Bertz CT molecular complexity index is 658. The van der Waals surface area contributed by atoms with Crippen molar-refractivity contribution in [2.24, 2.45) is 15.5 Å². The number of primary sulfonamides is 1. The number of rotatable bonds is 2. The van der Waals surface area contributed by atoms with Crippen molar-refractivity contribution in [1.82, 2.24) is 0 Å². The molecule has 0 radical (unpaired) electrons. The van der Waals surface area contributed by atoms with E-state index in [0.717, 1.165) is 12.1 Å². The molecule has 1 aromatic carbocycles. The molecule has 0 amide bonds. The first-order valence-electron chi connectivity index (χ1n) is 6.37. The molecule has 0 bridgehead atoms. The van der Waals surface area contributed by atoms with Gasteiger partial charge in [-0.25, -0.2) is 13.6 Å². The first-order chi connectivity index (χ1) is 9.16. The second-order valence-corrected chi connectivity index (χ2v) is 7.51. The molecule has 1 aliphatic carbocycles. The van der Waals surface area contributed by atoms with E-state index in [9.17, 15) is 13.2 Å². The standard InChI is InChI=1S/C14H18N2O3S/c1-14(2)8-11(7-12(17)9-14)16-10-3-5-13(6-4-10)20(15,18)19/h3-6H,7-9H2,1-2H3,(H2,15,18,19). The minimum atomic E-state index is -3.68. The Morgan fingerprint density at radius 3 is 2.25 bits per heavy atom. The highest BCUT2D eigenvalue weighted by Gasteiger charge is 2.30. The second-order valence-electron chi connectivity index (χ2n) is 5.95. The number of hydrogen-bond donors (Lipinski definition) is 1. The quantitative estimate of drug-likeness (QED) is 0.906. The van der Waals surface area contributed by atoms with Gasteiger partial charge >= 0.3 is 0 Å². The maximum Gasteiger partial charge on any atom is 0.238 e. The van der Waals surface area contributed by atoms with Crippen LogP contribution in [0.5, 0.6) is 0 Å². The number of benzene rings is 1. The van der Waals surface area contributed by atoms with Gasteiger partial charge in [0, 0.05) is 18.6 Å². The topological polar surface area (TPSA) is 89.6 Å². The molecule has 0 aliphatic heterocycles. The summed E-state index contributed by atoms with van der Waals surface area (Å²) in [5.74, 6) is 0.196. The van der Waals surface area contributed by atoms with Crippen LogP contribution < -0.4 is 5.14 Å². The molecule has 5 nitrogen and oxygen atoms in total. The summed E-state index contributed by atoms with van der Waals surface area (Å²) in [6, 6.07) is 6.03. The van der Waals surface area contributed by atoms with Gasteiger partial charge in [0.15, 0.2) is 0 Å². The smallest absolute Gasteiger partial charge is 0.238 e. The molecule has 0 heterocycles. The van der Waals surface area contributed by atoms with E-state index in [4.69, 9.17) is 5.14 Å². The molecule has 108 valence electrons. The molecule has 2 rings (SSSR count). The van der Waals surface area contributed by atoms with E-state index in [1.165, 1.54) is 12.1 Å². The van der Waals surface area contributed by atoms with E-state index in [1.807, 2.05) is 13.8 Å². The number of carbonyl (C=O) groups excluding carboxylic acids is 1. The first kappa shape index (κ1) is 14.9. The lowest BCUT2D eigenvalue weighted by Gasteiger charge is -2.29. The predicted octanol–water partition coefficient (Wildman–Crippen LogP) is 2.19. The summed E-state index contributed by atoms with van der Waals surface area (Å²) in [6.45, 7) is 4.09. The monoisotopic (exact) mass is 294 g/mol. The zero-order valence-corrected chi connectivity index (χ0v) is 12.4. The molecule has 20 heavy (non-hydrogen) atoms. The number of hydrogen-bond acceptors (Lipinski definition) is 4. The Kier molecular flexibility index (Phi) is 3.80. The fourth-order valence-electron chi connectivity index (χ4n) is 2.47. The fourth-order valence-corrected chi connectivity index (χ4v) is 2.99. The number of nitrogens with two attached hydrogens (primary N) is 1. The van der Waals surface area contributed by atoms with Crippen molar-refractivity contribution in [3.63, 3.8) is 0 Å². The number of aliphatic imine (C=N–C) groups is 1. The van der Waals surface area contributed by atoms with Crippen LogP contribution in [0.2, 0.25) is 0 Å². The second kappa shape index (κ2) is 5.10. The van der Waals surface area contributed by atoms with Gasteiger partial charge in [0.1, 0.15) is 5.78 Å². The van der Waals surface area contributed by atoms with E-state index in [2.05, 4.69) is 4.99 Å². The number of carbonyl (C=O) groups is 1. The molecule has 1 saturated carbocycles. The number of nitrogens with zero attached hydrogens (tertiary/aromatic N) is 1. The maximum atomic E-state index is 11.7. The fraction of sp³-hybridized carbons (Fsp3) is 0.429. The van der Waals surface area contributed by atoms with Gasteiger partial charge in [-0.15, -0.1) is 0 Å². The van der Waals surface area contributed by atoms with Crippen LogP contribution in [0.4, 0.5) is 5.69 Å². The molecule has 0 atom stereocenters. The van der Waals surface area contributed by atoms with E-state index in [-0.39, 0.29) is 16.1 Å². The van der Waals surface area contributed by atoms with Crippen molar-refractivity contribution in [2.45, 2.75) is 38.0 Å². The van der Waals surface area contributed by atoms with Crippen molar-refractivity contribution in [3.8, 4) is 0 Å². The van der Waals surface area contributed by atoms with Crippen molar-refractivity contribution in [3.05, 3.63) is 24.3 Å². The van der Waals surface area contributed by atoms with Crippen LogP contribution in [0.1, 0.15) is 33.1 Å². The summed E-state index contributed by atoms with van der Waals surface area (Å²) in [5.41, 5.74) is 1.42. The van der Waals surface area contributed by atoms with Crippen LogP contribution in [0.25, 0.3) is 0 Å². The third-order valence-corrected chi connectivity index (χ3v) is 4.14. The number of ketones is 1. The van der Waals surface area contributed by atoms with E-state index in [0.29, 0.717) is 18.5 Å². The summed E-state index contributed by atoms with van der Waals surface area (Å²) < 4.78 is 22.3. The van der Waals surface area contributed by atoms with Crippen LogP contribution in [0.3, 0.4) is 0 Å². The molecule has 2 N–H and O–H groups in total. The average Bonchev–Trinajstić information content (AvgIpc) is 2.25. The van der Waals surface area contributed by atoms with Crippen molar-refractivity contribution < 1.29 is 13.2 Å². The third kappa shape index (κ3) is 3.74. The molecule has 1 aromatic rings. The summed E-state index contributed by atoms with van der Waals surface area (Å²) in [4.78, 5) is 16.2. The lowest BCUT2D eigenvalue weighted by atomic mass is 9.76. The molecule has 0 saturated heterocycles. The van der Waals surface area contributed by atoms with Crippen LogP contribution in [0, 0.1) is 5.41 Å². The Morgan fingerprint density at radius 2 is 1.75 bits per heavy atom. The van der Waals surface area contributed by atoms with Crippen molar-refractivity contribution in [2.75, 3.05) is 0 Å². The van der Waals surface area contributed by atoms with E-state index >= 15 is 0 Å². The zero-order valence-electron chi connectivity index (χ0n) is 11.6. The minimum Gasteiger partial charge on any atom is -0.299 e. The lowest BCUT2D eigenvalue weighted by Crippen LogP contribution is -2.28. The van der Waals surface area contributed by atoms with Crippen LogP contribution in [0.15, 0.2) is 34.2 Å². The number of sulfonamides is 1. The summed E-state index contributed by atoms with van der Waals surface area (Å²) in [6.07, 6.45) is 1.73. The molecule has 0 unspecified atom stereocenters. The highest BCUT2D eigenvalue weighted by molar-refractivity contribution is 7.89. The lowest BCUT2D eigenvalue weighted by molar-refractivity contribution is -0.120. The minimum absolute atomic E-state index is 0.0569. The van der Waals surface area contributed by atoms with Crippen molar-refractivity contribution in [1.29, 1.82) is 0 Å². The molecule has 1 aliphatic rings. The third-order valence-electron chi connectivity index (χ3n) is 3.21. The Morgan fingerprint density at radius 1 is 1.15 bits per heavy atom. The Hall–Kier alpha value is -1.53. The average molecular weight is 294 g/mol. The van der Waals surface area contributed by atoms with E-state index in [1.54, 1.807) is 12.1 Å². The largest absolute Gasteiger partial charge is 0.299 e. The van der Waals surface area contributed by atoms with Gasteiger partial charge in [-0.3, -0.25) is 9.79 Å². The van der Waals surface area contributed by atoms with Gasteiger partial charge in [-0.1, -0.05) is 13.8 Å². The summed E-state index contributed by atoms with van der Waals surface area (Å²) in [7, 11) is -3.68. The normalized spacial score (nSPS) is 21.1. The number of Topliss-reactive ketones (excluding diaryl/α,β-unsaturated/α-hetero) is 1. The predicted molar refractivity (Wildman–Crippen MR) is 77.5 cm³/mol. The maximum absolute atomic E-state index is 11.7. The molecular formula is C14H18N2O3S. The SMILES string of the molecule is CC1(C)CC(=O)CC(=Nc2ccc(S(N)(=O)=O)cc2)C1. The molecular weight excluding hydrogens is 276 g/mol. The van der Waals surface area contributed by atoms with Gasteiger partial charge in [0.05, 0.1) is 10.6 Å². The van der Waals surface area contributed by atoms with Crippen LogP contribution in [-0.4, -0.2) is 19.9 Å². The summed E-state index contributed by atoms with van der Waals surface area (Å²) in [5, 5.41) is 5.04. The molecule has 0 spiro atoms. The summed E-state index contributed by atoms with van der Waals surface area (Å²) >= 11 is 0. The molecule has 1 fully saturated rings. The highest BCUT2D eigenvalue weighted by Crippen LogP contribution is 2.33. The van der Waals surface area contributed by atoms with Gasteiger partial charge < -0.3 is 0 Å². The highest BCUT2D eigenvalue weighted by atomic mass is 32.2. The van der Waals surface area contributed by atoms with Gasteiger partial charge in [-0.05, 0) is 36.1 Å². The van der Waals surface area contributed by atoms with Gasteiger partial charge in [-0.2, -0.15) is 0 Å². The van der Waals surface area contributed by atoms with E-state index < -0.39 is 10.0 Å². The van der Waals surface area contributed by atoms with Crippen molar-refractivity contribution >= 4 is 27.2 Å². The first-order valence-corrected chi connectivity index (χ1v) is 7.91. The van der Waals surface area contributed by atoms with Crippen LogP contribution >= 0.6 is 0 Å². The van der Waals surface area contributed by atoms with Gasteiger partial charge in [0.25, 0.3) is 0 Å². The Balaban J connectivity index is 2.25. The molecule has 6 heteroatoms. The Labute approximate surface area is 119 Å².